The van der Waals surface area contributed by atoms with E-state index in [4.69, 9.17) is 9.84 Å². The van der Waals surface area contributed by atoms with Gasteiger partial charge in [0.15, 0.2) is 5.17 Å². The molecule has 9 heteroatoms. The first-order valence-corrected chi connectivity index (χ1v) is 6.86. The summed E-state index contributed by atoms with van der Waals surface area (Å²) in [6, 6.07) is -1.04. The summed E-state index contributed by atoms with van der Waals surface area (Å²) in [4.78, 5) is 15.5. The largest absolute Gasteiger partial charge is 0.394 e. The van der Waals surface area contributed by atoms with Gasteiger partial charge in [-0.3, -0.25) is 10.3 Å². The molecule has 2 rings (SSSR count). The molecule has 8 nitrogen and oxygen atoms in total. The first kappa shape index (κ1) is 14.5. The van der Waals surface area contributed by atoms with Gasteiger partial charge in [0.2, 0.25) is 0 Å². The molecule has 19 heavy (non-hydrogen) atoms. The number of ether oxygens (including phenoxy) is 1. The number of aliphatic hydroxyl groups excluding tert-OH is 3. The summed E-state index contributed by atoms with van der Waals surface area (Å²) < 4.78 is 5.43. The lowest BCUT2D eigenvalue weighted by atomic mass is 9.99. The van der Waals surface area contributed by atoms with Crippen LogP contribution in [-0.2, 0) is 4.74 Å². The lowest BCUT2D eigenvalue weighted by Gasteiger charge is -2.37. The molecule has 5 atom stereocenters. The van der Waals surface area contributed by atoms with Crippen LogP contribution in [0.25, 0.3) is 0 Å². The molecule has 2 heterocycles. The van der Waals surface area contributed by atoms with Crippen molar-refractivity contribution in [2.45, 2.75) is 36.7 Å². The van der Waals surface area contributed by atoms with Crippen LogP contribution in [0.2, 0.25) is 0 Å². The Labute approximate surface area is 114 Å². The molecular formula is C10H17N3O5S. The van der Waals surface area contributed by atoms with E-state index in [-0.39, 0.29) is 12.6 Å². The van der Waals surface area contributed by atoms with Gasteiger partial charge < -0.3 is 25.4 Å². The van der Waals surface area contributed by atoms with Crippen LogP contribution < -0.4 is 10.6 Å². The number of urea groups is 1. The molecule has 0 bridgehead atoms. The van der Waals surface area contributed by atoms with Crippen molar-refractivity contribution < 1.29 is 24.9 Å². The minimum Gasteiger partial charge on any atom is -0.394 e. The van der Waals surface area contributed by atoms with Gasteiger partial charge in [0.1, 0.15) is 29.8 Å². The van der Waals surface area contributed by atoms with Gasteiger partial charge >= 0.3 is 6.03 Å². The Balaban J connectivity index is 2.00. The quantitative estimate of drug-likeness (QED) is 0.410. The van der Waals surface area contributed by atoms with E-state index in [0.29, 0.717) is 11.7 Å². The van der Waals surface area contributed by atoms with Crippen LogP contribution in [0, 0.1) is 0 Å². The molecule has 0 aromatic rings. The molecule has 0 aromatic heterocycles. The summed E-state index contributed by atoms with van der Waals surface area (Å²) in [7, 11) is 0. The number of hydrogen-bond donors (Lipinski definition) is 5. The molecular weight excluding hydrogens is 274 g/mol. The molecule has 5 unspecified atom stereocenters. The number of aliphatic imine (C=N–C) groups is 1. The Bertz CT molecular complexity index is 380. The van der Waals surface area contributed by atoms with Crippen molar-refractivity contribution in [3.8, 4) is 0 Å². The van der Waals surface area contributed by atoms with E-state index in [1.165, 1.54) is 0 Å². The smallest absolute Gasteiger partial charge is 0.320 e. The molecule has 2 amide bonds. The molecule has 0 radical (unpaired) electrons. The number of aliphatic hydroxyl groups is 3. The molecule has 0 spiro atoms. The monoisotopic (exact) mass is 291 g/mol. The van der Waals surface area contributed by atoms with Gasteiger partial charge in [-0.15, -0.1) is 0 Å². The number of nitrogens with one attached hydrogen (secondary N) is 2. The topological polar surface area (TPSA) is 123 Å². The summed E-state index contributed by atoms with van der Waals surface area (Å²) in [5.74, 6) is 0. The number of amidine groups is 1. The maximum absolute atomic E-state index is 11.4. The number of nitrogens with zero attached hydrogens (tertiary/aromatic N) is 1. The number of carbonyl (C=O) groups is 1. The standard InChI is InChI=1S/C10H17N3O5S/c1-2-11-9(17)13-10-12-5-7(16)6(15)4(3-14)18-8(5)19-10/h4-8,14-16H,2-3H2,1H3,(H2,11,12,13,17). The highest BCUT2D eigenvalue weighted by Crippen LogP contribution is 2.35. The Morgan fingerprint density at radius 3 is 2.84 bits per heavy atom. The summed E-state index contributed by atoms with van der Waals surface area (Å²) in [5.41, 5.74) is -0.521. The highest BCUT2D eigenvalue weighted by atomic mass is 32.2. The number of carbonyl (C=O) groups excluding carboxylic acids is 1. The fourth-order valence-corrected chi connectivity index (χ4v) is 3.06. The summed E-state index contributed by atoms with van der Waals surface area (Å²) in [6.07, 6.45) is -3.17. The van der Waals surface area contributed by atoms with E-state index in [1.807, 2.05) is 0 Å². The Hall–Kier alpha value is -0.870. The number of amides is 2. The molecule has 2 aliphatic heterocycles. The van der Waals surface area contributed by atoms with Crippen molar-refractivity contribution in [3.63, 3.8) is 0 Å². The number of rotatable bonds is 2. The fourth-order valence-electron chi connectivity index (χ4n) is 1.94. The van der Waals surface area contributed by atoms with E-state index < -0.39 is 29.8 Å². The van der Waals surface area contributed by atoms with E-state index in [0.717, 1.165) is 11.8 Å². The van der Waals surface area contributed by atoms with Gasteiger partial charge in [-0.2, -0.15) is 0 Å². The summed E-state index contributed by atoms with van der Waals surface area (Å²) in [6.45, 7) is 1.89. The number of hydrogen-bond acceptors (Lipinski definition) is 7. The maximum atomic E-state index is 11.4. The second-order valence-electron chi connectivity index (χ2n) is 4.23. The van der Waals surface area contributed by atoms with Crippen LogP contribution in [0.1, 0.15) is 6.92 Å². The lowest BCUT2D eigenvalue weighted by Crippen LogP contribution is -2.55. The predicted octanol–water partition coefficient (Wildman–Crippen LogP) is -1.78. The summed E-state index contributed by atoms with van der Waals surface area (Å²) in [5, 5.41) is 34.1. The van der Waals surface area contributed by atoms with Crippen molar-refractivity contribution in [1.82, 2.24) is 10.6 Å². The van der Waals surface area contributed by atoms with Gasteiger partial charge in [-0.05, 0) is 6.92 Å². The van der Waals surface area contributed by atoms with Crippen LogP contribution in [0.4, 0.5) is 4.79 Å². The Kier molecular flexibility index (Phi) is 4.63. The molecule has 0 saturated carbocycles. The molecule has 1 fully saturated rings. The first-order valence-electron chi connectivity index (χ1n) is 5.98. The van der Waals surface area contributed by atoms with Crippen molar-refractivity contribution in [3.05, 3.63) is 0 Å². The average Bonchev–Trinajstić information content (AvgIpc) is 2.76. The molecule has 2 aliphatic rings. The zero-order valence-corrected chi connectivity index (χ0v) is 11.1. The van der Waals surface area contributed by atoms with E-state index in [9.17, 15) is 15.0 Å². The Morgan fingerprint density at radius 2 is 2.21 bits per heavy atom. The zero-order chi connectivity index (χ0) is 14.0. The van der Waals surface area contributed by atoms with Gasteiger partial charge in [-0.1, -0.05) is 11.8 Å². The molecule has 108 valence electrons. The van der Waals surface area contributed by atoms with E-state index in [1.54, 1.807) is 6.92 Å². The van der Waals surface area contributed by atoms with Crippen LogP contribution in [0.15, 0.2) is 4.99 Å². The van der Waals surface area contributed by atoms with Crippen molar-refractivity contribution in [2.75, 3.05) is 13.2 Å². The van der Waals surface area contributed by atoms with Crippen LogP contribution >= 0.6 is 11.8 Å². The van der Waals surface area contributed by atoms with Crippen LogP contribution in [0.5, 0.6) is 0 Å². The van der Waals surface area contributed by atoms with Gasteiger partial charge in [0.25, 0.3) is 0 Å². The third-order valence-electron chi connectivity index (χ3n) is 2.90. The van der Waals surface area contributed by atoms with E-state index >= 15 is 0 Å². The fraction of sp³-hybridized carbons (Fsp3) is 0.800. The van der Waals surface area contributed by atoms with Gasteiger partial charge in [0, 0.05) is 6.54 Å². The Morgan fingerprint density at radius 1 is 1.47 bits per heavy atom. The SMILES string of the molecule is CCNC(=O)NC1=NC2C(OC(CO)C(O)C2O)S1. The van der Waals surface area contributed by atoms with Crippen LogP contribution in [0.3, 0.4) is 0 Å². The first-order chi connectivity index (χ1) is 9.06. The lowest BCUT2D eigenvalue weighted by molar-refractivity contribution is -0.164. The van der Waals surface area contributed by atoms with E-state index in [2.05, 4.69) is 15.6 Å². The highest BCUT2D eigenvalue weighted by Gasteiger charge is 2.48. The minimum atomic E-state index is -1.19. The van der Waals surface area contributed by atoms with Crippen molar-refractivity contribution >= 4 is 23.0 Å². The highest BCUT2D eigenvalue weighted by molar-refractivity contribution is 8.14. The molecule has 0 aromatic carbocycles. The molecule has 1 saturated heterocycles. The van der Waals surface area contributed by atoms with Gasteiger partial charge in [0.05, 0.1) is 6.61 Å². The third-order valence-corrected chi connectivity index (χ3v) is 3.95. The predicted molar refractivity (Wildman–Crippen MR) is 68.8 cm³/mol. The third kappa shape index (κ3) is 3.00. The average molecular weight is 291 g/mol. The molecule has 5 N–H and O–H groups in total. The number of thioether (sulfide) groups is 1. The van der Waals surface area contributed by atoms with Crippen molar-refractivity contribution in [2.24, 2.45) is 4.99 Å². The van der Waals surface area contributed by atoms with Crippen LogP contribution in [-0.4, -0.2) is 69.5 Å². The van der Waals surface area contributed by atoms with Gasteiger partial charge in [-0.25, -0.2) is 4.79 Å². The van der Waals surface area contributed by atoms with Crippen molar-refractivity contribution in [1.29, 1.82) is 0 Å². The number of fused-ring (bicyclic) bond motifs is 1. The second kappa shape index (κ2) is 6.06. The second-order valence-corrected chi connectivity index (χ2v) is 5.32. The minimum absolute atomic E-state index is 0.325. The summed E-state index contributed by atoms with van der Waals surface area (Å²) >= 11 is 1.15. The zero-order valence-electron chi connectivity index (χ0n) is 10.3. The normalized spacial score (nSPS) is 37.5. The molecule has 0 aliphatic carbocycles. The maximum Gasteiger partial charge on any atom is 0.320 e.